The summed E-state index contributed by atoms with van der Waals surface area (Å²) in [5.41, 5.74) is 6.85. The molecule has 0 bridgehead atoms. The first-order chi connectivity index (χ1) is 14.5. The summed E-state index contributed by atoms with van der Waals surface area (Å²) in [6.45, 7) is 3.22. The van der Waals surface area contributed by atoms with Gasteiger partial charge in [-0.05, 0) is 63.3 Å². The summed E-state index contributed by atoms with van der Waals surface area (Å²) in [7, 11) is 1.59. The second kappa shape index (κ2) is 8.80. The number of aromatic nitrogens is 1. The highest BCUT2D eigenvalue weighted by atomic mass is 35.5. The first-order valence-corrected chi connectivity index (χ1v) is 10.4. The van der Waals surface area contributed by atoms with Gasteiger partial charge in [0.1, 0.15) is 5.82 Å². The molecular formula is C22H25ClFN3O4. The molecule has 9 heteroatoms. The van der Waals surface area contributed by atoms with Crippen LogP contribution in [0.1, 0.15) is 57.8 Å². The average molecular weight is 450 g/mol. The minimum atomic E-state index is -0.816. The summed E-state index contributed by atoms with van der Waals surface area (Å²) >= 11 is 5.94. The van der Waals surface area contributed by atoms with Gasteiger partial charge in [-0.3, -0.25) is 14.4 Å². The third-order valence-electron chi connectivity index (χ3n) is 6.02. The van der Waals surface area contributed by atoms with E-state index in [1.807, 2.05) is 0 Å². The molecule has 166 valence electrons. The van der Waals surface area contributed by atoms with E-state index in [9.17, 15) is 23.9 Å². The van der Waals surface area contributed by atoms with Crippen molar-refractivity contribution in [3.05, 3.63) is 51.6 Å². The minimum Gasteiger partial charge on any atom is -0.393 e. The predicted molar refractivity (Wildman–Crippen MR) is 115 cm³/mol. The van der Waals surface area contributed by atoms with Crippen LogP contribution in [0.2, 0.25) is 5.02 Å². The summed E-state index contributed by atoms with van der Waals surface area (Å²) in [6, 6.07) is 3.49. The van der Waals surface area contributed by atoms with Gasteiger partial charge in [-0.15, -0.1) is 0 Å². The molecule has 2 aromatic rings. The van der Waals surface area contributed by atoms with Crippen molar-refractivity contribution in [1.82, 2.24) is 4.57 Å². The number of carbonyl (C=O) groups is 3. The van der Waals surface area contributed by atoms with Crippen LogP contribution >= 0.6 is 11.6 Å². The smallest absolute Gasteiger partial charge is 0.301 e. The normalized spacial score (nSPS) is 18.6. The van der Waals surface area contributed by atoms with Gasteiger partial charge in [0.25, 0.3) is 11.7 Å². The van der Waals surface area contributed by atoms with Crippen molar-refractivity contribution in [1.29, 1.82) is 0 Å². The maximum Gasteiger partial charge on any atom is 0.301 e. The van der Waals surface area contributed by atoms with E-state index in [1.165, 1.54) is 21.6 Å². The third-order valence-corrected chi connectivity index (χ3v) is 6.31. The number of carbonyl (C=O) groups excluding carboxylic acids is 3. The van der Waals surface area contributed by atoms with Crippen LogP contribution < -0.4 is 10.6 Å². The standard InChI is InChI=1S/C22H25ClFN3O4/c1-11-18(21(25)30)12(2)26(3)19(11)20(29)22(31)27(13-4-7-15(28)8-5-13)14-6-9-17(24)16(23)10-14/h6,9-10,13,15,28H,4-5,7-8H2,1-3H3,(H2,25,30). The molecular weight excluding hydrogens is 425 g/mol. The molecule has 0 radical (unpaired) electrons. The van der Waals surface area contributed by atoms with Crippen LogP contribution in [0.4, 0.5) is 10.1 Å². The lowest BCUT2D eigenvalue weighted by Crippen LogP contribution is -2.46. The van der Waals surface area contributed by atoms with Crippen LogP contribution in [0.5, 0.6) is 0 Å². The van der Waals surface area contributed by atoms with Crippen LogP contribution in [0, 0.1) is 19.7 Å². The largest absolute Gasteiger partial charge is 0.393 e. The van der Waals surface area contributed by atoms with Gasteiger partial charge in [-0.25, -0.2) is 4.39 Å². The van der Waals surface area contributed by atoms with E-state index in [2.05, 4.69) is 0 Å². The van der Waals surface area contributed by atoms with Crippen molar-refractivity contribution in [2.24, 2.45) is 12.8 Å². The van der Waals surface area contributed by atoms with Gasteiger partial charge >= 0.3 is 5.91 Å². The molecule has 1 fully saturated rings. The molecule has 0 spiro atoms. The number of nitrogens with zero attached hydrogens (tertiary/aromatic N) is 2. The average Bonchev–Trinajstić information content (AvgIpc) is 2.94. The quantitative estimate of drug-likeness (QED) is 0.540. The lowest BCUT2D eigenvalue weighted by molar-refractivity contribution is -0.115. The Morgan fingerprint density at radius 3 is 2.32 bits per heavy atom. The number of halogens is 2. The minimum absolute atomic E-state index is 0.0744. The number of anilines is 1. The number of Topliss-reactive ketones (excluding diaryl/α,β-unsaturated/α-hetero) is 1. The highest BCUT2D eigenvalue weighted by Crippen LogP contribution is 2.31. The summed E-state index contributed by atoms with van der Waals surface area (Å²) in [6.07, 6.45) is 1.45. The first-order valence-electron chi connectivity index (χ1n) is 10.0. The third kappa shape index (κ3) is 4.22. The van der Waals surface area contributed by atoms with Crippen molar-refractivity contribution < 1.29 is 23.9 Å². The van der Waals surface area contributed by atoms with Gasteiger partial charge in [0, 0.05) is 24.5 Å². The number of nitrogens with two attached hydrogens (primary N) is 1. The number of benzene rings is 1. The second-order valence-electron chi connectivity index (χ2n) is 7.92. The number of aliphatic hydroxyl groups is 1. The molecule has 0 aliphatic heterocycles. The fourth-order valence-electron chi connectivity index (χ4n) is 4.32. The van der Waals surface area contributed by atoms with Crippen LogP contribution in [-0.2, 0) is 11.8 Å². The summed E-state index contributed by atoms with van der Waals surface area (Å²) < 4.78 is 15.2. The molecule has 0 atom stereocenters. The second-order valence-corrected chi connectivity index (χ2v) is 8.33. The monoisotopic (exact) mass is 449 g/mol. The topological polar surface area (TPSA) is 106 Å². The van der Waals surface area contributed by atoms with E-state index in [-0.39, 0.29) is 22.3 Å². The van der Waals surface area contributed by atoms with Crippen LogP contribution in [0.3, 0.4) is 0 Å². The van der Waals surface area contributed by atoms with E-state index >= 15 is 0 Å². The molecule has 1 aromatic heterocycles. The highest BCUT2D eigenvalue weighted by molar-refractivity contribution is 6.47. The predicted octanol–water partition coefficient (Wildman–Crippen LogP) is 3.05. The molecule has 1 aliphatic carbocycles. The van der Waals surface area contributed by atoms with E-state index in [0.29, 0.717) is 42.6 Å². The molecule has 1 aromatic carbocycles. The number of aliphatic hydroxyl groups excluding tert-OH is 1. The van der Waals surface area contributed by atoms with E-state index in [4.69, 9.17) is 17.3 Å². The summed E-state index contributed by atoms with van der Waals surface area (Å²) in [5.74, 6) is -2.94. The fourth-order valence-corrected chi connectivity index (χ4v) is 4.49. The van der Waals surface area contributed by atoms with Crippen molar-refractivity contribution in [2.75, 3.05) is 4.90 Å². The van der Waals surface area contributed by atoms with E-state index in [1.54, 1.807) is 20.9 Å². The highest BCUT2D eigenvalue weighted by Gasteiger charge is 2.36. The van der Waals surface area contributed by atoms with Crippen molar-refractivity contribution in [2.45, 2.75) is 51.7 Å². The molecule has 1 saturated carbocycles. The molecule has 0 saturated heterocycles. The number of primary amides is 1. The van der Waals surface area contributed by atoms with Crippen molar-refractivity contribution >= 4 is 34.9 Å². The SMILES string of the molecule is Cc1c(C(N)=O)c(C)n(C)c1C(=O)C(=O)N(c1ccc(F)c(Cl)c1)C1CCC(O)CC1. The molecule has 1 heterocycles. The van der Waals surface area contributed by atoms with Gasteiger partial charge in [0.2, 0.25) is 0 Å². The summed E-state index contributed by atoms with van der Waals surface area (Å²) in [4.78, 5) is 39.9. The Labute approximate surface area is 184 Å². The van der Waals surface area contributed by atoms with Crippen LogP contribution in [-0.4, -0.2) is 39.4 Å². The molecule has 3 rings (SSSR count). The molecule has 1 aliphatic rings. The van der Waals surface area contributed by atoms with Gasteiger partial charge in [0.05, 0.1) is 22.4 Å². The lowest BCUT2D eigenvalue weighted by Gasteiger charge is -2.35. The molecule has 31 heavy (non-hydrogen) atoms. The Morgan fingerprint density at radius 1 is 1.19 bits per heavy atom. The van der Waals surface area contributed by atoms with Gasteiger partial charge < -0.3 is 20.3 Å². The van der Waals surface area contributed by atoms with Crippen LogP contribution in [0.15, 0.2) is 18.2 Å². The van der Waals surface area contributed by atoms with E-state index in [0.717, 1.165) is 6.07 Å². The number of amides is 2. The Hall–Kier alpha value is -2.71. The molecule has 3 N–H and O–H groups in total. The molecule has 0 unspecified atom stereocenters. The Morgan fingerprint density at radius 2 is 1.81 bits per heavy atom. The number of hydrogen-bond donors (Lipinski definition) is 2. The number of ketones is 1. The Kier molecular flexibility index (Phi) is 6.52. The number of rotatable bonds is 5. The van der Waals surface area contributed by atoms with Crippen LogP contribution in [0.25, 0.3) is 0 Å². The zero-order chi connectivity index (χ0) is 23.0. The van der Waals surface area contributed by atoms with Crippen molar-refractivity contribution in [3.8, 4) is 0 Å². The number of hydrogen-bond acceptors (Lipinski definition) is 4. The summed E-state index contributed by atoms with van der Waals surface area (Å²) in [5, 5.41) is 9.69. The zero-order valence-corrected chi connectivity index (χ0v) is 18.4. The fraction of sp³-hybridized carbons (Fsp3) is 0.409. The van der Waals surface area contributed by atoms with E-state index < -0.39 is 29.5 Å². The Balaban J connectivity index is 2.06. The molecule has 7 nitrogen and oxygen atoms in total. The zero-order valence-electron chi connectivity index (χ0n) is 17.6. The van der Waals surface area contributed by atoms with Gasteiger partial charge in [-0.1, -0.05) is 11.6 Å². The molecule has 2 amide bonds. The van der Waals surface area contributed by atoms with Crippen molar-refractivity contribution in [3.63, 3.8) is 0 Å². The first kappa shape index (κ1) is 23.0. The Bertz CT molecular complexity index is 1060. The lowest BCUT2D eigenvalue weighted by atomic mass is 9.91. The van der Waals surface area contributed by atoms with Gasteiger partial charge in [0.15, 0.2) is 0 Å². The maximum atomic E-state index is 13.7. The van der Waals surface area contributed by atoms with Gasteiger partial charge in [-0.2, -0.15) is 0 Å². The maximum absolute atomic E-state index is 13.7.